The number of rotatable bonds is 10. The summed E-state index contributed by atoms with van der Waals surface area (Å²) in [5.41, 5.74) is 1.42. The maximum absolute atomic E-state index is 12.7. The third-order valence-electron chi connectivity index (χ3n) is 5.23. The number of aromatic carboxylic acids is 1. The fraction of sp³-hybridized carbons (Fsp3) is 0.320. The van der Waals surface area contributed by atoms with Gasteiger partial charge in [-0.1, -0.05) is 55.8 Å². The fourth-order valence-corrected chi connectivity index (χ4v) is 4.38. The van der Waals surface area contributed by atoms with E-state index >= 15 is 0 Å². The topological polar surface area (TPSA) is 83.9 Å². The Morgan fingerprint density at radius 3 is 2.53 bits per heavy atom. The molecule has 1 N–H and O–H groups in total. The van der Waals surface area contributed by atoms with Gasteiger partial charge in [-0.05, 0) is 36.6 Å². The van der Waals surface area contributed by atoms with E-state index in [1.165, 1.54) is 12.1 Å². The molecule has 7 heteroatoms. The van der Waals surface area contributed by atoms with Gasteiger partial charge in [0.1, 0.15) is 10.7 Å². The molecule has 0 radical (unpaired) electrons. The number of carboxylic acids is 1. The van der Waals surface area contributed by atoms with Crippen molar-refractivity contribution in [3.05, 3.63) is 77.6 Å². The summed E-state index contributed by atoms with van der Waals surface area (Å²) in [5, 5.41) is 9.68. The second kappa shape index (κ2) is 10.5. The van der Waals surface area contributed by atoms with Crippen molar-refractivity contribution in [3.63, 3.8) is 0 Å². The van der Waals surface area contributed by atoms with Crippen molar-refractivity contribution in [3.8, 4) is 5.75 Å². The van der Waals surface area contributed by atoms with Crippen LogP contribution in [0.2, 0.25) is 0 Å². The Morgan fingerprint density at radius 1 is 1.19 bits per heavy atom. The van der Waals surface area contributed by atoms with Crippen molar-refractivity contribution < 1.29 is 23.1 Å². The average Bonchev–Trinajstić information content (AvgIpc) is 2.77. The molecule has 6 nitrogen and oxygen atoms in total. The second-order valence-electron chi connectivity index (χ2n) is 7.86. The number of nitrogens with zero attached hydrogens (tertiary/aromatic N) is 1. The molecular formula is C25H29NO5S. The normalized spacial score (nSPS) is 13.5. The van der Waals surface area contributed by atoms with Gasteiger partial charge >= 0.3 is 5.97 Å². The van der Waals surface area contributed by atoms with Crippen molar-refractivity contribution >= 4 is 21.5 Å². The molecule has 0 aliphatic heterocycles. The number of hydrogen-bond acceptors (Lipinski definition) is 5. The van der Waals surface area contributed by atoms with Crippen LogP contribution in [0.5, 0.6) is 5.75 Å². The van der Waals surface area contributed by atoms with Crippen LogP contribution in [0.15, 0.2) is 71.3 Å². The Labute approximate surface area is 189 Å². The van der Waals surface area contributed by atoms with Gasteiger partial charge in [0.25, 0.3) is 0 Å². The van der Waals surface area contributed by atoms with Crippen LogP contribution >= 0.6 is 0 Å². The van der Waals surface area contributed by atoms with Crippen LogP contribution < -0.4 is 9.64 Å². The lowest BCUT2D eigenvalue weighted by Gasteiger charge is -2.29. The molecule has 0 unspecified atom stereocenters. The first kappa shape index (κ1) is 23.6. The summed E-state index contributed by atoms with van der Waals surface area (Å²) in [5.74, 6) is -0.347. The lowest BCUT2D eigenvalue weighted by atomic mass is 10.1. The quantitative estimate of drug-likeness (QED) is 0.530. The minimum Gasteiger partial charge on any atom is -0.478 e. The highest BCUT2D eigenvalue weighted by molar-refractivity contribution is 7.90. The van der Waals surface area contributed by atoms with Crippen LogP contribution in [0.25, 0.3) is 0 Å². The van der Waals surface area contributed by atoms with E-state index < -0.39 is 15.8 Å². The summed E-state index contributed by atoms with van der Waals surface area (Å²) in [7, 11) is -3.75. The predicted octanol–water partition coefficient (Wildman–Crippen LogP) is 5.21. The Kier molecular flexibility index (Phi) is 7.75. The summed E-state index contributed by atoms with van der Waals surface area (Å²) >= 11 is 0. The third kappa shape index (κ3) is 6.01. The van der Waals surface area contributed by atoms with E-state index in [0.717, 1.165) is 31.1 Å². The van der Waals surface area contributed by atoms with Crippen LogP contribution in [-0.2, 0) is 16.4 Å². The van der Waals surface area contributed by atoms with Crippen LogP contribution in [0.1, 0.15) is 48.5 Å². The van der Waals surface area contributed by atoms with Gasteiger partial charge in [-0.15, -0.1) is 0 Å². The van der Waals surface area contributed by atoms with Crippen molar-refractivity contribution in [2.24, 2.45) is 0 Å². The van der Waals surface area contributed by atoms with Gasteiger partial charge < -0.3 is 14.7 Å². The van der Waals surface area contributed by atoms with Crippen LogP contribution in [-0.4, -0.2) is 32.3 Å². The molecular weight excluding hydrogens is 426 g/mol. The van der Waals surface area contributed by atoms with Gasteiger partial charge in [-0.2, -0.15) is 0 Å². The van der Waals surface area contributed by atoms with E-state index in [2.05, 4.69) is 6.92 Å². The number of carbonyl (C=O) groups is 1. The van der Waals surface area contributed by atoms with Gasteiger partial charge in [0.2, 0.25) is 0 Å². The molecule has 0 spiro atoms. The average molecular weight is 456 g/mol. The zero-order valence-corrected chi connectivity index (χ0v) is 19.3. The molecule has 2 aromatic rings. The number of ether oxygens (including phenoxy) is 1. The van der Waals surface area contributed by atoms with Crippen molar-refractivity contribution in [2.45, 2.75) is 44.0 Å². The van der Waals surface area contributed by atoms with Gasteiger partial charge in [0, 0.05) is 25.8 Å². The monoisotopic (exact) mass is 455 g/mol. The van der Waals surface area contributed by atoms with Crippen LogP contribution in [0.3, 0.4) is 0 Å². The Hall–Kier alpha value is -3.06. The molecule has 170 valence electrons. The van der Waals surface area contributed by atoms with Gasteiger partial charge in [0.15, 0.2) is 15.6 Å². The number of benzene rings is 2. The summed E-state index contributed by atoms with van der Waals surface area (Å²) < 4.78 is 31.6. The molecule has 0 aromatic heterocycles. The number of anilines is 1. The minimum atomic E-state index is -3.75. The maximum atomic E-state index is 12.7. The molecule has 1 aliphatic rings. The highest BCUT2D eigenvalue weighted by Gasteiger charge is 2.26. The first-order chi connectivity index (χ1) is 15.3. The van der Waals surface area contributed by atoms with E-state index in [0.29, 0.717) is 31.0 Å². The summed E-state index contributed by atoms with van der Waals surface area (Å²) in [6.45, 7) is 3.21. The van der Waals surface area contributed by atoms with E-state index in [-0.39, 0.29) is 16.2 Å². The molecule has 32 heavy (non-hydrogen) atoms. The molecule has 0 saturated carbocycles. The first-order valence-corrected chi connectivity index (χ1v) is 12.6. The Bertz CT molecular complexity index is 1120. The molecule has 1 aliphatic carbocycles. The standard InChI is InChI=1S/C25H29NO5S/c1-3-4-15-26(18-19-11-7-5-8-12-19)22-16-20(25(27)28)17-23(32(2,29)30)24(22)31-21-13-9-6-10-14-21/h5-9,11-13,16-17H,3-4,10,14-15,18H2,1-2H3,(H,27,28). The molecule has 0 amide bonds. The number of allylic oxidation sites excluding steroid dienone is 4. The number of sulfone groups is 1. The molecule has 2 aromatic carbocycles. The largest absolute Gasteiger partial charge is 0.478 e. The summed E-state index contributed by atoms with van der Waals surface area (Å²) in [6.07, 6.45) is 10.0. The van der Waals surface area contributed by atoms with Crippen molar-refractivity contribution in [1.29, 1.82) is 0 Å². The van der Waals surface area contributed by atoms with E-state index in [1.54, 1.807) is 0 Å². The number of unbranched alkanes of at least 4 members (excludes halogenated alkanes) is 1. The minimum absolute atomic E-state index is 0.0835. The molecule has 0 heterocycles. The SMILES string of the molecule is CCCCN(Cc1ccccc1)c1cc(C(=O)O)cc(S(C)(=O)=O)c1OC1=CC=CCC1. The van der Waals surface area contributed by atoms with Crippen LogP contribution in [0.4, 0.5) is 5.69 Å². The van der Waals surface area contributed by atoms with E-state index in [4.69, 9.17) is 4.74 Å². The Morgan fingerprint density at radius 2 is 1.94 bits per heavy atom. The van der Waals surface area contributed by atoms with Crippen LogP contribution in [0, 0.1) is 0 Å². The van der Waals surface area contributed by atoms with E-state index in [9.17, 15) is 18.3 Å². The number of carboxylic acid groups (broad SMARTS) is 1. The molecule has 0 saturated heterocycles. The van der Waals surface area contributed by atoms with Gasteiger partial charge in [-0.3, -0.25) is 0 Å². The smallest absolute Gasteiger partial charge is 0.335 e. The summed E-state index contributed by atoms with van der Waals surface area (Å²) in [6, 6.07) is 12.5. The first-order valence-electron chi connectivity index (χ1n) is 10.7. The van der Waals surface area contributed by atoms with Crippen molar-refractivity contribution in [1.82, 2.24) is 0 Å². The Balaban J connectivity index is 2.20. The van der Waals surface area contributed by atoms with Gasteiger partial charge in [-0.25, -0.2) is 13.2 Å². The van der Waals surface area contributed by atoms with Crippen molar-refractivity contribution in [2.75, 3.05) is 17.7 Å². The van der Waals surface area contributed by atoms with Gasteiger partial charge in [0.05, 0.1) is 11.3 Å². The molecule has 0 atom stereocenters. The van der Waals surface area contributed by atoms with E-state index in [1.807, 2.05) is 53.5 Å². The highest BCUT2D eigenvalue weighted by atomic mass is 32.2. The highest BCUT2D eigenvalue weighted by Crippen LogP contribution is 2.39. The zero-order valence-electron chi connectivity index (χ0n) is 18.5. The predicted molar refractivity (Wildman–Crippen MR) is 126 cm³/mol. The maximum Gasteiger partial charge on any atom is 0.335 e. The fourth-order valence-electron chi connectivity index (χ4n) is 3.56. The second-order valence-corrected chi connectivity index (χ2v) is 9.85. The lowest BCUT2D eigenvalue weighted by Crippen LogP contribution is -2.25. The molecule has 0 fully saturated rings. The third-order valence-corrected chi connectivity index (χ3v) is 6.33. The number of hydrogen-bond donors (Lipinski definition) is 1. The summed E-state index contributed by atoms with van der Waals surface area (Å²) in [4.78, 5) is 13.7. The zero-order chi connectivity index (χ0) is 23.1. The molecule has 0 bridgehead atoms. The lowest BCUT2D eigenvalue weighted by molar-refractivity contribution is 0.0696. The molecule has 3 rings (SSSR count).